The Kier molecular flexibility index (Phi) is 2.44. The lowest BCUT2D eigenvalue weighted by Gasteiger charge is -2.06. The molecular formula is C11H12N2O3. The van der Waals surface area contributed by atoms with Crippen LogP contribution in [0.15, 0.2) is 24.4 Å². The summed E-state index contributed by atoms with van der Waals surface area (Å²) in [6, 6.07) is 4.90. The number of aromatic nitrogens is 2. The Labute approximate surface area is 92.6 Å². The summed E-state index contributed by atoms with van der Waals surface area (Å²) in [4.78, 5) is 3.97. The molecule has 5 heteroatoms. The van der Waals surface area contributed by atoms with Gasteiger partial charge in [-0.15, -0.1) is 0 Å². The molecule has 2 N–H and O–H groups in total. The van der Waals surface area contributed by atoms with Gasteiger partial charge >= 0.3 is 0 Å². The third-order valence-corrected chi connectivity index (χ3v) is 2.30. The minimum atomic E-state index is -0.0375. The van der Waals surface area contributed by atoms with Crippen LogP contribution in [0.25, 0.3) is 11.4 Å². The second-order valence-corrected chi connectivity index (χ2v) is 3.42. The number of imidazole rings is 1. The minimum Gasteiger partial charge on any atom is -0.504 e. The van der Waals surface area contributed by atoms with Gasteiger partial charge in [-0.1, -0.05) is 0 Å². The molecule has 0 bridgehead atoms. The molecule has 0 saturated carbocycles. The van der Waals surface area contributed by atoms with Crippen LogP contribution in [0.2, 0.25) is 0 Å². The summed E-state index contributed by atoms with van der Waals surface area (Å²) in [5, 5.41) is 18.7. The van der Waals surface area contributed by atoms with Crippen LogP contribution in [0.4, 0.5) is 0 Å². The number of nitrogens with zero attached hydrogens (tertiary/aromatic N) is 2. The van der Waals surface area contributed by atoms with E-state index in [0.29, 0.717) is 11.6 Å². The van der Waals surface area contributed by atoms with Gasteiger partial charge in [0.2, 0.25) is 5.88 Å². The first-order chi connectivity index (χ1) is 7.61. The van der Waals surface area contributed by atoms with Crippen molar-refractivity contribution in [3.63, 3.8) is 0 Å². The Morgan fingerprint density at radius 3 is 2.62 bits per heavy atom. The first-order valence-electron chi connectivity index (χ1n) is 4.71. The second-order valence-electron chi connectivity index (χ2n) is 3.42. The van der Waals surface area contributed by atoms with E-state index >= 15 is 0 Å². The second kappa shape index (κ2) is 3.77. The molecule has 0 spiro atoms. The van der Waals surface area contributed by atoms with E-state index in [1.165, 1.54) is 19.4 Å². The van der Waals surface area contributed by atoms with Crippen molar-refractivity contribution >= 4 is 0 Å². The van der Waals surface area contributed by atoms with Gasteiger partial charge in [-0.2, -0.15) is 4.98 Å². The molecular weight excluding hydrogens is 208 g/mol. The van der Waals surface area contributed by atoms with Gasteiger partial charge in [-0.3, -0.25) is 0 Å². The summed E-state index contributed by atoms with van der Waals surface area (Å²) in [5.41, 5.74) is 0.762. The molecule has 5 nitrogen and oxygen atoms in total. The summed E-state index contributed by atoms with van der Waals surface area (Å²) < 4.78 is 6.70. The summed E-state index contributed by atoms with van der Waals surface area (Å²) in [5.74, 6) is 1.02. The van der Waals surface area contributed by atoms with Gasteiger partial charge in [0.1, 0.15) is 5.82 Å². The first kappa shape index (κ1) is 10.4. The fourth-order valence-electron chi connectivity index (χ4n) is 1.54. The van der Waals surface area contributed by atoms with Crippen molar-refractivity contribution in [2.75, 3.05) is 7.11 Å². The van der Waals surface area contributed by atoms with Gasteiger partial charge in [0.15, 0.2) is 11.5 Å². The van der Waals surface area contributed by atoms with E-state index in [0.717, 1.165) is 5.56 Å². The first-order valence-corrected chi connectivity index (χ1v) is 4.71. The Bertz CT molecular complexity index is 520. The highest BCUT2D eigenvalue weighted by Crippen LogP contribution is 2.31. The summed E-state index contributed by atoms with van der Waals surface area (Å²) in [6.45, 7) is 0. The molecule has 84 valence electrons. The molecule has 0 amide bonds. The van der Waals surface area contributed by atoms with Crippen LogP contribution >= 0.6 is 0 Å². The highest BCUT2D eigenvalue weighted by atomic mass is 16.5. The molecule has 0 atom stereocenters. The Morgan fingerprint density at radius 1 is 1.31 bits per heavy atom. The van der Waals surface area contributed by atoms with Crippen molar-refractivity contribution < 1.29 is 14.9 Å². The normalized spacial score (nSPS) is 10.4. The van der Waals surface area contributed by atoms with Gasteiger partial charge in [-0.05, 0) is 18.2 Å². The molecule has 0 saturated heterocycles. The van der Waals surface area contributed by atoms with Crippen LogP contribution in [0.1, 0.15) is 0 Å². The van der Waals surface area contributed by atoms with E-state index in [9.17, 15) is 10.2 Å². The summed E-state index contributed by atoms with van der Waals surface area (Å²) in [7, 11) is 3.26. The lowest BCUT2D eigenvalue weighted by molar-refractivity contribution is 0.373. The van der Waals surface area contributed by atoms with Crippen molar-refractivity contribution in [3.05, 3.63) is 24.4 Å². The highest BCUT2D eigenvalue weighted by molar-refractivity contribution is 5.61. The van der Waals surface area contributed by atoms with Crippen LogP contribution < -0.4 is 4.74 Å². The lowest BCUT2D eigenvalue weighted by atomic mass is 10.2. The minimum absolute atomic E-state index is 0.0375. The molecule has 0 aliphatic rings. The average molecular weight is 220 g/mol. The van der Waals surface area contributed by atoms with Crippen LogP contribution in [-0.2, 0) is 7.05 Å². The topological polar surface area (TPSA) is 67.5 Å². The molecule has 0 fully saturated rings. The van der Waals surface area contributed by atoms with Gasteiger partial charge in [0.25, 0.3) is 0 Å². The van der Waals surface area contributed by atoms with E-state index in [-0.39, 0.29) is 11.6 Å². The third kappa shape index (κ3) is 1.67. The number of ether oxygens (including phenoxy) is 1. The number of hydrogen-bond donors (Lipinski definition) is 2. The number of hydrogen-bond acceptors (Lipinski definition) is 4. The molecule has 1 aromatic carbocycles. The van der Waals surface area contributed by atoms with Crippen LogP contribution in [-0.4, -0.2) is 26.9 Å². The number of benzene rings is 1. The highest BCUT2D eigenvalue weighted by Gasteiger charge is 2.09. The number of aromatic hydroxyl groups is 2. The predicted molar refractivity (Wildman–Crippen MR) is 58.5 cm³/mol. The van der Waals surface area contributed by atoms with Crippen molar-refractivity contribution in [1.29, 1.82) is 0 Å². The molecule has 0 aliphatic heterocycles. The number of phenolic OH excluding ortho intramolecular Hbond substituents is 1. The number of aryl methyl sites for hydroxylation is 1. The fraction of sp³-hybridized carbons (Fsp3) is 0.182. The van der Waals surface area contributed by atoms with E-state index in [2.05, 4.69) is 4.98 Å². The molecule has 2 rings (SSSR count). The van der Waals surface area contributed by atoms with Crippen molar-refractivity contribution in [2.24, 2.45) is 7.05 Å². The van der Waals surface area contributed by atoms with Crippen molar-refractivity contribution in [2.45, 2.75) is 0 Å². The maximum Gasteiger partial charge on any atom is 0.229 e. The van der Waals surface area contributed by atoms with Crippen LogP contribution in [0, 0.1) is 0 Å². The number of methoxy groups -OCH3 is 1. The quantitative estimate of drug-likeness (QED) is 0.805. The van der Waals surface area contributed by atoms with Gasteiger partial charge < -0.3 is 19.5 Å². The van der Waals surface area contributed by atoms with Crippen molar-refractivity contribution in [1.82, 2.24) is 9.55 Å². The van der Waals surface area contributed by atoms with Gasteiger partial charge in [0, 0.05) is 12.6 Å². The van der Waals surface area contributed by atoms with E-state index < -0.39 is 0 Å². The largest absolute Gasteiger partial charge is 0.504 e. The Hall–Kier alpha value is -2.17. The molecule has 1 aromatic heterocycles. The van der Waals surface area contributed by atoms with Crippen LogP contribution in [0.5, 0.6) is 17.4 Å². The van der Waals surface area contributed by atoms with E-state index in [1.54, 1.807) is 23.7 Å². The Morgan fingerprint density at radius 2 is 2.06 bits per heavy atom. The Balaban J connectivity index is 2.52. The van der Waals surface area contributed by atoms with E-state index in [4.69, 9.17) is 4.74 Å². The lowest BCUT2D eigenvalue weighted by Crippen LogP contribution is -1.92. The standard InChI is InChI=1S/C11H12N2O3/c1-13-6-10(15)12-11(13)7-3-4-8(14)9(5-7)16-2/h3-6,14-15H,1-2H3. The number of rotatable bonds is 2. The monoisotopic (exact) mass is 220 g/mol. The third-order valence-electron chi connectivity index (χ3n) is 2.30. The van der Waals surface area contributed by atoms with Crippen LogP contribution in [0.3, 0.4) is 0 Å². The molecule has 1 heterocycles. The zero-order valence-electron chi connectivity index (χ0n) is 9.01. The van der Waals surface area contributed by atoms with E-state index in [1.807, 2.05) is 0 Å². The maximum atomic E-state index is 9.45. The average Bonchev–Trinajstić information content (AvgIpc) is 2.59. The molecule has 2 aromatic rings. The fourth-order valence-corrected chi connectivity index (χ4v) is 1.54. The molecule has 16 heavy (non-hydrogen) atoms. The maximum absolute atomic E-state index is 9.45. The zero-order valence-corrected chi connectivity index (χ0v) is 9.01. The predicted octanol–water partition coefficient (Wildman–Crippen LogP) is 1.51. The summed E-state index contributed by atoms with van der Waals surface area (Å²) in [6.07, 6.45) is 1.51. The zero-order chi connectivity index (χ0) is 11.7. The molecule has 0 aliphatic carbocycles. The smallest absolute Gasteiger partial charge is 0.229 e. The SMILES string of the molecule is COc1cc(-c2nc(O)cn2C)ccc1O. The van der Waals surface area contributed by atoms with Gasteiger partial charge in [0.05, 0.1) is 13.3 Å². The van der Waals surface area contributed by atoms with Crippen molar-refractivity contribution in [3.8, 4) is 28.8 Å². The number of phenols is 1. The molecule has 0 radical (unpaired) electrons. The molecule has 0 unspecified atom stereocenters. The summed E-state index contributed by atoms with van der Waals surface area (Å²) >= 11 is 0. The van der Waals surface area contributed by atoms with Gasteiger partial charge in [-0.25, -0.2) is 0 Å².